The SMILES string of the molecule is Cc1cc(C)c2oc(C)c(C)c2c1F. The molecule has 0 spiro atoms. The molecule has 0 N–H and O–H groups in total. The van der Waals surface area contributed by atoms with Gasteiger partial charge >= 0.3 is 0 Å². The Morgan fingerprint density at radius 2 is 1.71 bits per heavy atom. The molecule has 0 atom stereocenters. The Morgan fingerprint density at radius 3 is 2.36 bits per heavy atom. The van der Waals surface area contributed by atoms with E-state index in [-0.39, 0.29) is 5.82 Å². The van der Waals surface area contributed by atoms with Gasteiger partial charge in [-0.2, -0.15) is 0 Å². The number of furan rings is 1. The van der Waals surface area contributed by atoms with Crippen molar-refractivity contribution in [2.45, 2.75) is 27.7 Å². The summed E-state index contributed by atoms with van der Waals surface area (Å²) in [7, 11) is 0. The zero-order chi connectivity index (χ0) is 10.5. The normalized spacial score (nSPS) is 11.2. The Morgan fingerprint density at radius 1 is 1.07 bits per heavy atom. The summed E-state index contributed by atoms with van der Waals surface area (Å²) in [5, 5.41) is 0.639. The summed E-state index contributed by atoms with van der Waals surface area (Å²) in [4.78, 5) is 0. The van der Waals surface area contributed by atoms with Crippen LogP contribution in [0.1, 0.15) is 22.5 Å². The zero-order valence-corrected chi connectivity index (χ0v) is 8.86. The second-order valence-corrected chi connectivity index (χ2v) is 3.81. The van der Waals surface area contributed by atoms with Crippen molar-refractivity contribution in [1.29, 1.82) is 0 Å². The van der Waals surface area contributed by atoms with Crippen molar-refractivity contribution in [3.05, 3.63) is 34.3 Å². The highest BCUT2D eigenvalue weighted by atomic mass is 19.1. The average molecular weight is 192 g/mol. The Bertz CT molecular complexity index is 509. The van der Waals surface area contributed by atoms with E-state index in [0.29, 0.717) is 16.5 Å². The standard InChI is InChI=1S/C12H13FO/c1-6-5-7(2)12-10(11(6)13)8(3)9(4)14-12/h5H,1-4H3. The molecular weight excluding hydrogens is 179 g/mol. The monoisotopic (exact) mass is 192 g/mol. The van der Waals surface area contributed by atoms with E-state index in [0.717, 1.165) is 16.9 Å². The number of hydrogen-bond acceptors (Lipinski definition) is 1. The summed E-state index contributed by atoms with van der Waals surface area (Å²) < 4.78 is 19.3. The molecule has 0 amide bonds. The molecular formula is C12H13FO. The predicted octanol–water partition coefficient (Wildman–Crippen LogP) is 3.81. The lowest BCUT2D eigenvalue weighted by atomic mass is 10.1. The molecule has 2 rings (SSSR count). The first-order chi connectivity index (χ1) is 6.52. The molecule has 0 radical (unpaired) electrons. The third-order valence-electron chi connectivity index (χ3n) is 2.74. The van der Waals surface area contributed by atoms with Crippen molar-refractivity contribution < 1.29 is 8.81 Å². The molecule has 0 fully saturated rings. The van der Waals surface area contributed by atoms with Gasteiger partial charge in [0.1, 0.15) is 17.2 Å². The number of benzene rings is 1. The number of aryl methyl sites for hydroxylation is 4. The van der Waals surface area contributed by atoms with E-state index in [4.69, 9.17) is 4.42 Å². The maximum atomic E-state index is 13.8. The fraction of sp³-hybridized carbons (Fsp3) is 0.333. The number of halogens is 1. The summed E-state index contributed by atoms with van der Waals surface area (Å²) in [6, 6.07) is 1.82. The molecule has 0 saturated carbocycles. The first-order valence-corrected chi connectivity index (χ1v) is 4.67. The molecule has 0 unspecified atom stereocenters. The lowest BCUT2D eigenvalue weighted by Gasteiger charge is -2.01. The molecule has 1 aromatic carbocycles. The van der Waals surface area contributed by atoms with Crippen molar-refractivity contribution in [2.24, 2.45) is 0 Å². The highest BCUT2D eigenvalue weighted by Gasteiger charge is 2.15. The third-order valence-corrected chi connectivity index (χ3v) is 2.74. The molecule has 0 aliphatic heterocycles. The summed E-state index contributed by atoms with van der Waals surface area (Å²) in [5.41, 5.74) is 3.27. The second-order valence-electron chi connectivity index (χ2n) is 3.81. The van der Waals surface area contributed by atoms with Crippen LogP contribution in [0.15, 0.2) is 10.5 Å². The highest BCUT2D eigenvalue weighted by molar-refractivity contribution is 5.86. The maximum Gasteiger partial charge on any atom is 0.140 e. The van der Waals surface area contributed by atoms with Crippen LogP contribution in [0.25, 0.3) is 11.0 Å². The van der Waals surface area contributed by atoms with Crippen molar-refractivity contribution in [3.8, 4) is 0 Å². The molecule has 0 aliphatic carbocycles. The van der Waals surface area contributed by atoms with E-state index >= 15 is 0 Å². The molecule has 1 heterocycles. The number of rotatable bonds is 0. The quantitative estimate of drug-likeness (QED) is 0.618. The second kappa shape index (κ2) is 2.84. The van der Waals surface area contributed by atoms with Crippen LogP contribution in [0.5, 0.6) is 0 Å². The molecule has 1 nitrogen and oxygen atoms in total. The van der Waals surface area contributed by atoms with Crippen LogP contribution >= 0.6 is 0 Å². The molecule has 1 aromatic heterocycles. The third kappa shape index (κ3) is 1.07. The van der Waals surface area contributed by atoms with Crippen LogP contribution in [-0.2, 0) is 0 Å². The summed E-state index contributed by atoms with van der Waals surface area (Å²) in [5.74, 6) is 0.646. The van der Waals surface area contributed by atoms with Crippen LogP contribution in [0.2, 0.25) is 0 Å². The van der Waals surface area contributed by atoms with E-state index in [1.165, 1.54) is 0 Å². The Hall–Kier alpha value is -1.31. The Labute approximate surface area is 82.5 Å². The molecule has 0 saturated heterocycles. The molecule has 2 heteroatoms. The molecule has 2 aromatic rings. The number of fused-ring (bicyclic) bond motifs is 1. The summed E-state index contributed by atoms with van der Waals surface area (Å²) in [6.07, 6.45) is 0. The fourth-order valence-electron chi connectivity index (χ4n) is 1.82. The van der Waals surface area contributed by atoms with E-state index < -0.39 is 0 Å². The van der Waals surface area contributed by atoms with Crippen molar-refractivity contribution in [1.82, 2.24) is 0 Å². The van der Waals surface area contributed by atoms with Crippen molar-refractivity contribution >= 4 is 11.0 Å². The minimum Gasteiger partial charge on any atom is -0.461 e. The average Bonchev–Trinajstić information content (AvgIpc) is 2.41. The summed E-state index contributed by atoms with van der Waals surface area (Å²) >= 11 is 0. The molecule has 0 aliphatic rings. The topological polar surface area (TPSA) is 13.1 Å². The van der Waals surface area contributed by atoms with Gasteiger partial charge in [0.05, 0.1) is 5.39 Å². The first kappa shape index (κ1) is 9.25. The first-order valence-electron chi connectivity index (χ1n) is 4.67. The Kier molecular flexibility index (Phi) is 1.88. The minimum absolute atomic E-state index is 0.153. The largest absolute Gasteiger partial charge is 0.461 e. The van der Waals surface area contributed by atoms with Crippen LogP contribution < -0.4 is 0 Å². The van der Waals surface area contributed by atoms with Gasteiger partial charge in [-0.25, -0.2) is 4.39 Å². The van der Waals surface area contributed by atoms with E-state index in [9.17, 15) is 4.39 Å². The zero-order valence-electron chi connectivity index (χ0n) is 8.86. The predicted molar refractivity (Wildman–Crippen MR) is 55.1 cm³/mol. The summed E-state index contributed by atoms with van der Waals surface area (Å²) in [6.45, 7) is 7.48. The van der Waals surface area contributed by atoms with Gasteiger partial charge in [-0.1, -0.05) is 0 Å². The lowest BCUT2D eigenvalue weighted by Crippen LogP contribution is -1.87. The van der Waals surface area contributed by atoms with Crippen LogP contribution in [0.3, 0.4) is 0 Å². The minimum atomic E-state index is -0.153. The van der Waals surface area contributed by atoms with Crippen molar-refractivity contribution in [2.75, 3.05) is 0 Å². The van der Waals surface area contributed by atoms with Gasteiger partial charge in [0, 0.05) is 5.56 Å². The van der Waals surface area contributed by atoms with E-state index in [1.54, 1.807) is 6.92 Å². The van der Waals surface area contributed by atoms with Crippen molar-refractivity contribution in [3.63, 3.8) is 0 Å². The molecule has 14 heavy (non-hydrogen) atoms. The Balaban J connectivity index is 3.03. The fourth-order valence-corrected chi connectivity index (χ4v) is 1.82. The molecule has 0 bridgehead atoms. The van der Waals surface area contributed by atoms with Gasteiger partial charge < -0.3 is 4.42 Å². The van der Waals surface area contributed by atoms with E-state index in [1.807, 2.05) is 26.8 Å². The van der Waals surface area contributed by atoms with Crippen LogP contribution in [0, 0.1) is 33.5 Å². The van der Waals surface area contributed by atoms with Gasteiger partial charge in [-0.3, -0.25) is 0 Å². The van der Waals surface area contributed by atoms with Gasteiger partial charge in [-0.05, 0) is 44.9 Å². The van der Waals surface area contributed by atoms with Gasteiger partial charge in [0.15, 0.2) is 0 Å². The maximum absolute atomic E-state index is 13.8. The van der Waals surface area contributed by atoms with Gasteiger partial charge in [0.2, 0.25) is 0 Å². The van der Waals surface area contributed by atoms with Gasteiger partial charge in [0.25, 0.3) is 0 Å². The van der Waals surface area contributed by atoms with Crippen LogP contribution in [0.4, 0.5) is 4.39 Å². The van der Waals surface area contributed by atoms with Gasteiger partial charge in [-0.15, -0.1) is 0 Å². The van der Waals surface area contributed by atoms with Crippen LogP contribution in [-0.4, -0.2) is 0 Å². The smallest absolute Gasteiger partial charge is 0.140 e. The highest BCUT2D eigenvalue weighted by Crippen LogP contribution is 2.31. The number of hydrogen-bond donors (Lipinski definition) is 0. The van der Waals surface area contributed by atoms with E-state index in [2.05, 4.69) is 0 Å². The lowest BCUT2D eigenvalue weighted by molar-refractivity contribution is 0.571. The molecule has 74 valence electrons.